The first-order valence-corrected chi connectivity index (χ1v) is 10.2. The zero-order valence-electron chi connectivity index (χ0n) is 16.6. The maximum absolute atomic E-state index is 13.2. The van der Waals surface area contributed by atoms with Crippen LogP contribution in [-0.4, -0.2) is 21.6 Å². The Hall–Kier alpha value is -2.67. The van der Waals surface area contributed by atoms with Gasteiger partial charge in [0.05, 0.1) is 11.2 Å². The second kappa shape index (κ2) is 8.14. The second-order valence-electron chi connectivity index (χ2n) is 7.47. The number of aryl methyl sites for hydroxylation is 2. The molecule has 0 atom stereocenters. The topological polar surface area (TPSA) is 73.1 Å². The molecule has 3 aromatic rings. The summed E-state index contributed by atoms with van der Waals surface area (Å²) < 4.78 is 3.03. The average molecular weight is 400 g/mol. The molecule has 1 N–H and O–H groups in total. The number of hydrogen-bond donors (Lipinski definition) is 1. The van der Waals surface area contributed by atoms with Crippen LogP contribution < -0.4 is 16.6 Å². The van der Waals surface area contributed by atoms with E-state index in [-0.39, 0.29) is 18.0 Å². The fourth-order valence-corrected chi connectivity index (χ4v) is 4.03. The fraction of sp³-hybridized carbons (Fsp3) is 0.381. The van der Waals surface area contributed by atoms with Crippen LogP contribution in [0.2, 0.25) is 0 Å². The monoisotopic (exact) mass is 399 g/mol. The van der Waals surface area contributed by atoms with Crippen LogP contribution in [0.4, 0.5) is 0 Å². The van der Waals surface area contributed by atoms with E-state index in [0.29, 0.717) is 28.4 Å². The summed E-state index contributed by atoms with van der Waals surface area (Å²) in [7, 11) is 0. The number of rotatable bonds is 6. The molecule has 0 saturated carbocycles. The first-order chi connectivity index (χ1) is 13.3. The molecule has 6 nitrogen and oxygen atoms in total. The third kappa shape index (κ3) is 3.94. The van der Waals surface area contributed by atoms with Crippen LogP contribution in [0, 0.1) is 19.8 Å². The highest BCUT2D eigenvalue weighted by Gasteiger charge is 2.18. The van der Waals surface area contributed by atoms with Gasteiger partial charge in [0.2, 0.25) is 5.91 Å². The molecule has 1 aromatic carbocycles. The summed E-state index contributed by atoms with van der Waals surface area (Å²) in [5.41, 5.74) is 2.09. The van der Waals surface area contributed by atoms with E-state index >= 15 is 0 Å². The molecule has 2 aromatic heterocycles. The predicted octanol–water partition coefficient (Wildman–Crippen LogP) is 2.99. The molecule has 0 aliphatic rings. The average Bonchev–Trinajstić information content (AvgIpc) is 3.10. The van der Waals surface area contributed by atoms with Crippen molar-refractivity contribution in [3.05, 3.63) is 61.6 Å². The number of nitrogens with one attached hydrogen (secondary N) is 1. The van der Waals surface area contributed by atoms with E-state index in [0.717, 1.165) is 17.5 Å². The van der Waals surface area contributed by atoms with Gasteiger partial charge in [0.15, 0.2) is 0 Å². The van der Waals surface area contributed by atoms with Crippen LogP contribution in [0.3, 0.4) is 0 Å². The Labute approximate surface area is 167 Å². The van der Waals surface area contributed by atoms with Gasteiger partial charge in [0, 0.05) is 6.54 Å². The highest BCUT2D eigenvalue weighted by molar-refractivity contribution is 7.17. The number of benzene rings is 1. The van der Waals surface area contributed by atoms with Crippen LogP contribution in [0.15, 0.2) is 39.2 Å². The van der Waals surface area contributed by atoms with Crippen LogP contribution in [0.5, 0.6) is 0 Å². The molecule has 0 bridgehead atoms. The van der Waals surface area contributed by atoms with Gasteiger partial charge in [-0.05, 0) is 49.3 Å². The van der Waals surface area contributed by atoms with Crippen molar-refractivity contribution in [3.8, 4) is 5.69 Å². The summed E-state index contributed by atoms with van der Waals surface area (Å²) in [4.78, 5) is 38.6. The lowest BCUT2D eigenvalue weighted by atomic mass is 10.1. The van der Waals surface area contributed by atoms with Gasteiger partial charge < -0.3 is 5.32 Å². The number of fused-ring (bicyclic) bond motifs is 1. The lowest BCUT2D eigenvalue weighted by Crippen LogP contribution is -2.41. The van der Waals surface area contributed by atoms with Gasteiger partial charge in [-0.15, -0.1) is 11.3 Å². The molecule has 0 unspecified atom stereocenters. The van der Waals surface area contributed by atoms with Crippen LogP contribution in [0.1, 0.15) is 31.4 Å². The lowest BCUT2D eigenvalue weighted by Gasteiger charge is -2.14. The Kier molecular flexibility index (Phi) is 5.84. The Bertz CT molecular complexity index is 1140. The van der Waals surface area contributed by atoms with E-state index in [9.17, 15) is 14.4 Å². The van der Waals surface area contributed by atoms with Crippen molar-refractivity contribution in [2.75, 3.05) is 6.54 Å². The fourth-order valence-electron chi connectivity index (χ4n) is 3.21. The molecule has 3 rings (SSSR count). The van der Waals surface area contributed by atoms with Gasteiger partial charge in [-0.2, -0.15) is 0 Å². The van der Waals surface area contributed by atoms with Crippen molar-refractivity contribution in [2.24, 2.45) is 5.92 Å². The molecule has 1 amide bonds. The van der Waals surface area contributed by atoms with E-state index < -0.39 is 5.69 Å². The van der Waals surface area contributed by atoms with Gasteiger partial charge in [0.25, 0.3) is 5.56 Å². The molecule has 148 valence electrons. The molecule has 0 spiro atoms. The lowest BCUT2D eigenvalue weighted by molar-refractivity contribution is -0.121. The van der Waals surface area contributed by atoms with Crippen molar-refractivity contribution in [1.82, 2.24) is 14.5 Å². The highest BCUT2D eigenvalue weighted by Crippen LogP contribution is 2.18. The van der Waals surface area contributed by atoms with Crippen LogP contribution in [-0.2, 0) is 11.3 Å². The molecule has 28 heavy (non-hydrogen) atoms. The molecule has 0 aliphatic carbocycles. The number of aromatic nitrogens is 2. The third-order valence-electron chi connectivity index (χ3n) is 4.69. The maximum Gasteiger partial charge on any atom is 0.336 e. The number of carbonyl (C=O) groups excluding carboxylic acids is 1. The van der Waals surface area contributed by atoms with Gasteiger partial charge in [-0.25, -0.2) is 9.36 Å². The molecular weight excluding hydrogens is 374 g/mol. The van der Waals surface area contributed by atoms with E-state index in [1.807, 2.05) is 26.0 Å². The number of carbonyl (C=O) groups is 1. The second-order valence-corrected chi connectivity index (χ2v) is 8.38. The summed E-state index contributed by atoms with van der Waals surface area (Å²) in [6, 6.07) is 7.30. The number of amides is 1. The first kappa shape index (κ1) is 20.1. The molecular formula is C21H25N3O3S. The predicted molar refractivity (Wildman–Crippen MR) is 114 cm³/mol. The highest BCUT2D eigenvalue weighted by atomic mass is 32.1. The van der Waals surface area contributed by atoms with Gasteiger partial charge in [-0.1, -0.05) is 31.5 Å². The molecule has 2 heterocycles. The van der Waals surface area contributed by atoms with Crippen molar-refractivity contribution < 1.29 is 4.79 Å². The van der Waals surface area contributed by atoms with E-state index in [4.69, 9.17) is 0 Å². The third-order valence-corrected chi connectivity index (χ3v) is 5.59. The summed E-state index contributed by atoms with van der Waals surface area (Å²) in [5, 5.41) is 4.63. The summed E-state index contributed by atoms with van der Waals surface area (Å²) in [6.45, 7) is 8.46. The molecule has 7 heteroatoms. The summed E-state index contributed by atoms with van der Waals surface area (Å²) >= 11 is 1.28. The van der Waals surface area contributed by atoms with Gasteiger partial charge in [-0.3, -0.25) is 14.2 Å². The van der Waals surface area contributed by atoms with Crippen LogP contribution in [0.25, 0.3) is 15.9 Å². The minimum Gasteiger partial charge on any atom is -0.355 e. The maximum atomic E-state index is 13.2. The Morgan fingerprint density at radius 3 is 2.61 bits per heavy atom. The van der Waals surface area contributed by atoms with Crippen molar-refractivity contribution in [1.29, 1.82) is 0 Å². The zero-order valence-corrected chi connectivity index (χ0v) is 17.4. The van der Waals surface area contributed by atoms with E-state index in [1.165, 1.54) is 20.5 Å². The van der Waals surface area contributed by atoms with Crippen molar-refractivity contribution in [3.63, 3.8) is 0 Å². The number of hydrogen-bond acceptors (Lipinski definition) is 4. The normalized spacial score (nSPS) is 11.3. The SMILES string of the molecule is Cc1ccc(-n2c(=O)c3sccc3n(CC(=O)NCCC(C)C)c2=O)c(C)c1. The largest absolute Gasteiger partial charge is 0.355 e. The van der Waals surface area contributed by atoms with E-state index in [2.05, 4.69) is 19.2 Å². The quantitative estimate of drug-likeness (QED) is 0.693. The zero-order chi connectivity index (χ0) is 20.4. The minimum atomic E-state index is -0.498. The molecule has 0 fully saturated rings. The Balaban J connectivity index is 2.08. The van der Waals surface area contributed by atoms with Crippen LogP contribution >= 0.6 is 11.3 Å². The summed E-state index contributed by atoms with van der Waals surface area (Å²) in [5.74, 6) is 0.249. The van der Waals surface area contributed by atoms with Gasteiger partial charge in [0.1, 0.15) is 11.2 Å². The standard InChI is InChI=1S/C21H25N3O3S/c1-13(2)7-9-22-18(25)12-23-17-8-10-28-19(17)20(26)24(21(23)27)16-6-5-14(3)11-15(16)4/h5-6,8,10-11,13H,7,9,12H2,1-4H3,(H,22,25). The first-order valence-electron chi connectivity index (χ1n) is 9.37. The van der Waals surface area contributed by atoms with Crippen molar-refractivity contribution in [2.45, 2.75) is 40.7 Å². The molecule has 0 saturated heterocycles. The number of nitrogens with zero attached hydrogens (tertiary/aromatic N) is 2. The molecule has 0 radical (unpaired) electrons. The van der Waals surface area contributed by atoms with E-state index in [1.54, 1.807) is 17.5 Å². The smallest absolute Gasteiger partial charge is 0.336 e. The summed E-state index contributed by atoms with van der Waals surface area (Å²) in [6.07, 6.45) is 0.872. The number of thiophene rings is 1. The van der Waals surface area contributed by atoms with Crippen molar-refractivity contribution >= 4 is 27.5 Å². The molecule has 0 aliphatic heterocycles. The Morgan fingerprint density at radius 2 is 1.93 bits per heavy atom. The Morgan fingerprint density at radius 1 is 1.18 bits per heavy atom. The minimum absolute atomic E-state index is 0.116. The van der Waals surface area contributed by atoms with Gasteiger partial charge >= 0.3 is 5.69 Å².